The number of fused-ring (bicyclic) bond motifs is 1. The molecular weight excluding hydrogens is 292 g/mol. The van der Waals surface area contributed by atoms with Gasteiger partial charge in [0.2, 0.25) is 0 Å². The van der Waals surface area contributed by atoms with Gasteiger partial charge in [-0.3, -0.25) is 14.9 Å². The molecular formula is C18H16N2O3. The van der Waals surface area contributed by atoms with Crippen molar-refractivity contribution in [3.63, 3.8) is 0 Å². The van der Waals surface area contributed by atoms with E-state index in [1.54, 1.807) is 18.3 Å². The van der Waals surface area contributed by atoms with E-state index >= 15 is 0 Å². The summed E-state index contributed by atoms with van der Waals surface area (Å²) in [5.41, 5.74) is 3.37. The van der Waals surface area contributed by atoms with E-state index < -0.39 is 4.92 Å². The first-order valence-corrected chi connectivity index (χ1v) is 7.38. The lowest BCUT2D eigenvalue weighted by atomic mass is 10.0. The van der Waals surface area contributed by atoms with Crippen LogP contribution in [-0.2, 0) is 11.2 Å². The van der Waals surface area contributed by atoms with E-state index in [1.807, 2.05) is 35.2 Å². The Morgan fingerprint density at radius 2 is 1.96 bits per heavy atom. The maximum Gasteiger partial charge on any atom is 0.271 e. The van der Waals surface area contributed by atoms with Gasteiger partial charge in [0, 0.05) is 30.5 Å². The van der Waals surface area contributed by atoms with Crippen LogP contribution in [0.2, 0.25) is 0 Å². The molecule has 0 aromatic heterocycles. The molecule has 0 atom stereocenters. The Balaban J connectivity index is 2.02. The van der Waals surface area contributed by atoms with E-state index in [-0.39, 0.29) is 11.5 Å². The highest BCUT2D eigenvalue weighted by molar-refractivity contribution is 6.19. The molecule has 23 heavy (non-hydrogen) atoms. The van der Waals surface area contributed by atoms with Crippen molar-refractivity contribution in [2.24, 2.45) is 0 Å². The molecule has 1 aliphatic rings. The summed E-state index contributed by atoms with van der Waals surface area (Å²) in [6.07, 6.45) is 2.61. The number of nitrogens with zero attached hydrogens (tertiary/aromatic N) is 2. The number of rotatable bonds is 4. The first-order chi connectivity index (χ1) is 11.1. The fraction of sp³-hybridized carbons (Fsp3) is 0.167. The highest BCUT2D eigenvalue weighted by atomic mass is 16.6. The molecule has 2 aromatic rings. The number of hydrogen-bond acceptors (Lipinski definition) is 4. The highest BCUT2D eigenvalue weighted by Crippen LogP contribution is 2.33. The van der Waals surface area contributed by atoms with Crippen LogP contribution in [0.25, 0.3) is 5.57 Å². The number of carbonyl (C=O) groups is 1. The molecule has 0 N–H and O–H groups in total. The molecule has 2 aromatic carbocycles. The molecule has 5 heteroatoms. The molecule has 0 fully saturated rings. The number of hydrogen-bond donors (Lipinski definition) is 0. The number of anilines is 1. The van der Waals surface area contributed by atoms with Gasteiger partial charge in [0.25, 0.3) is 5.69 Å². The number of Topliss-reactive ketones (excluding diaryl/α,β-unsaturated/α-hetero) is 1. The predicted molar refractivity (Wildman–Crippen MR) is 89.2 cm³/mol. The zero-order valence-corrected chi connectivity index (χ0v) is 12.7. The molecule has 3 rings (SSSR count). The van der Waals surface area contributed by atoms with Crippen molar-refractivity contribution in [1.29, 1.82) is 0 Å². The summed E-state index contributed by atoms with van der Waals surface area (Å²) in [4.78, 5) is 24.5. The van der Waals surface area contributed by atoms with Gasteiger partial charge in [0.1, 0.15) is 0 Å². The second-order valence-electron chi connectivity index (χ2n) is 5.48. The van der Waals surface area contributed by atoms with Crippen molar-refractivity contribution in [3.05, 3.63) is 76.0 Å². The number of benzene rings is 2. The van der Waals surface area contributed by atoms with Crippen LogP contribution in [0.15, 0.2) is 54.7 Å². The molecule has 0 aliphatic carbocycles. The zero-order valence-electron chi connectivity index (χ0n) is 12.7. The van der Waals surface area contributed by atoms with Gasteiger partial charge in [-0.05, 0) is 24.5 Å². The number of nitro groups is 1. The zero-order chi connectivity index (χ0) is 16.4. The normalized spacial score (nSPS) is 13.8. The van der Waals surface area contributed by atoms with E-state index in [4.69, 9.17) is 0 Å². The van der Waals surface area contributed by atoms with Crippen LogP contribution in [0.4, 0.5) is 11.4 Å². The summed E-state index contributed by atoms with van der Waals surface area (Å²) >= 11 is 0. The lowest BCUT2D eigenvalue weighted by molar-refractivity contribution is -0.384. The van der Waals surface area contributed by atoms with Gasteiger partial charge in [-0.2, -0.15) is 0 Å². The summed E-state index contributed by atoms with van der Waals surface area (Å²) in [6.45, 7) is 2.24. The van der Waals surface area contributed by atoms with Crippen molar-refractivity contribution in [2.75, 3.05) is 11.4 Å². The second-order valence-corrected chi connectivity index (χ2v) is 5.48. The Morgan fingerprint density at radius 3 is 2.61 bits per heavy atom. The van der Waals surface area contributed by atoms with E-state index in [9.17, 15) is 14.9 Å². The number of carbonyl (C=O) groups excluding carboxylic acids is 1. The number of nitro benzene ring substituents is 1. The first kappa shape index (κ1) is 15.0. The van der Waals surface area contributed by atoms with E-state index in [0.29, 0.717) is 12.1 Å². The van der Waals surface area contributed by atoms with Crippen LogP contribution in [0.1, 0.15) is 18.1 Å². The fourth-order valence-corrected chi connectivity index (χ4v) is 2.78. The van der Waals surface area contributed by atoms with Gasteiger partial charge >= 0.3 is 0 Å². The molecule has 0 spiro atoms. The molecule has 116 valence electrons. The Bertz CT molecular complexity index is 797. The SMILES string of the molecule is CC(=O)/C(=C\N1CCc2ccc([N+](=O)[O-])cc21)c1ccccc1. The maximum atomic E-state index is 12.0. The third-order valence-corrected chi connectivity index (χ3v) is 3.96. The second kappa shape index (κ2) is 6.04. The van der Waals surface area contributed by atoms with Gasteiger partial charge in [-0.15, -0.1) is 0 Å². The van der Waals surface area contributed by atoms with Crippen LogP contribution < -0.4 is 4.90 Å². The van der Waals surface area contributed by atoms with Gasteiger partial charge in [-0.1, -0.05) is 36.4 Å². The Morgan fingerprint density at radius 1 is 1.22 bits per heavy atom. The monoisotopic (exact) mass is 308 g/mol. The van der Waals surface area contributed by atoms with Gasteiger partial charge in [0.15, 0.2) is 5.78 Å². The summed E-state index contributed by atoms with van der Waals surface area (Å²) in [5.74, 6) is -0.0323. The molecule has 5 nitrogen and oxygen atoms in total. The summed E-state index contributed by atoms with van der Waals surface area (Å²) in [6, 6.07) is 14.3. The lowest BCUT2D eigenvalue weighted by Crippen LogP contribution is -2.14. The Kier molecular flexibility index (Phi) is 3.93. The minimum Gasteiger partial charge on any atom is -0.346 e. The molecule has 1 heterocycles. The van der Waals surface area contributed by atoms with Crippen molar-refractivity contribution in [3.8, 4) is 0 Å². The topological polar surface area (TPSA) is 63.5 Å². The molecule has 0 saturated heterocycles. The van der Waals surface area contributed by atoms with Crippen LogP contribution in [0.3, 0.4) is 0 Å². The minimum absolute atomic E-state index is 0.0323. The number of allylic oxidation sites excluding steroid dienone is 1. The summed E-state index contributed by atoms with van der Waals surface area (Å²) in [5, 5.41) is 11.0. The standard InChI is InChI=1S/C18H16N2O3/c1-13(21)17(14-5-3-2-4-6-14)12-19-10-9-15-7-8-16(20(22)23)11-18(15)19/h2-8,11-12H,9-10H2,1H3/b17-12+. The fourth-order valence-electron chi connectivity index (χ4n) is 2.78. The van der Waals surface area contributed by atoms with Crippen molar-refractivity contribution >= 4 is 22.7 Å². The van der Waals surface area contributed by atoms with Crippen LogP contribution in [0.5, 0.6) is 0 Å². The largest absolute Gasteiger partial charge is 0.346 e. The molecule has 0 radical (unpaired) electrons. The van der Waals surface area contributed by atoms with E-state index in [0.717, 1.165) is 23.2 Å². The minimum atomic E-state index is -0.399. The maximum absolute atomic E-state index is 12.0. The third kappa shape index (κ3) is 2.99. The predicted octanol–water partition coefficient (Wildman–Crippen LogP) is 3.59. The average molecular weight is 308 g/mol. The molecule has 0 unspecified atom stereocenters. The smallest absolute Gasteiger partial charge is 0.271 e. The van der Waals surface area contributed by atoms with Crippen LogP contribution in [0, 0.1) is 10.1 Å². The summed E-state index contributed by atoms with van der Waals surface area (Å²) in [7, 11) is 0. The molecule has 1 aliphatic heterocycles. The van der Waals surface area contributed by atoms with E-state index in [2.05, 4.69) is 0 Å². The van der Waals surface area contributed by atoms with Gasteiger partial charge < -0.3 is 4.90 Å². The average Bonchev–Trinajstić information content (AvgIpc) is 2.95. The Labute approximate surface area is 134 Å². The lowest BCUT2D eigenvalue weighted by Gasteiger charge is -2.16. The van der Waals surface area contributed by atoms with Gasteiger partial charge in [-0.25, -0.2) is 0 Å². The van der Waals surface area contributed by atoms with Gasteiger partial charge in [0.05, 0.1) is 10.6 Å². The number of ketones is 1. The van der Waals surface area contributed by atoms with Crippen molar-refractivity contribution < 1.29 is 9.72 Å². The molecule has 0 amide bonds. The third-order valence-electron chi connectivity index (χ3n) is 3.96. The van der Waals surface area contributed by atoms with E-state index in [1.165, 1.54) is 13.0 Å². The highest BCUT2D eigenvalue weighted by Gasteiger charge is 2.22. The van der Waals surface area contributed by atoms with Crippen molar-refractivity contribution in [2.45, 2.75) is 13.3 Å². The number of non-ortho nitro benzene ring substituents is 1. The quantitative estimate of drug-likeness (QED) is 0.492. The molecule has 0 saturated carbocycles. The van der Waals surface area contributed by atoms with Crippen LogP contribution in [-0.4, -0.2) is 17.3 Å². The summed E-state index contributed by atoms with van der Waals surface area (Å²) < 4.78 is 0. The molecule has 0 bridgehead atoms. The Hall–Kier alpha value is -2.95. The van der Waals surface area contributed by atoms with Crippen LogP contribution >= 0.6 is 0 Å². The van der Waals surface area contributed by atoms with Crippen molar-refractivity contribution in [1.82, 2.24) is 0 Å². The first-order valence-electron chi connectivity index (χ1n) is 7.38.